The number of esters is 1. The van der Waals surface area contributed by atoms with Gasteiger partial charge in [0.05, 0.1) is 7.11 Å². The van der Waals surface area contributed by atoms with Crippen LogP contribution in [0.1, 0.15) is 26.3 Å². The second-order valence-corrected chi connectivity index (χ2v) is 7.73. The average Bonchev–Trinajstić information content (AvgIpc) is 2.41. The molecule has 1 heterocycles. The molecule has 1 amide bonds. The topological polar surface area (TPSA) is 55.8 Å². The van der Waals surface area contributed by atoms with Crippen LogP contribution in [-0.2, 0) is 20.7 Å². The zero-order chi connectivity index (χ0) is 17.3. The van der Waals surface area contributed by atoms with Crippen molar-refractivity contribution < 1.29 is 19.1 Å². The van der Waals surface area contributed by atoms with Crippen LogP contribution in [0.3, 0.4) is 0 Å². The lowest BCUT2D eigenvalue weighted by molar-refractivity contribution is -0.163. The third-order valence-electron chi connectivity index (χ3n) is 3.74. The number of rotatable bonds is 3. The van der Waals surface area contributed by atoms with Gasteiger partial charge in [-0.25, -0.2) is 4.79 Å². The normalized spacial score (nSPS) is 16.5. The molecule has 23 heavy (non-hydrogen) atoms. The summed E-state index contributed by atoms with van der Waals surface area (Å²) in [6.45, 7) is 6.06. The van der Waals surface area contributed by atoms with Gasteiger partial charge in [0.2, 0.25) is 0 Å². The van der Waals surface area contributed by atoms with Crippen molar-refractivity contribution in [2.24, 2.45) is 5.41 Å². The number of likely N-dealkylation sites (tertiary alicyclic amines) is 1. The van der Waals surface area contributed by atoms with Gasteiger partial charge in [0.15, 0.2) is 0 Å². The fourth-order valence-electron chi connectivity index (χ4n) is 2.68. The fourth-order valence-corrected chi connectivity index (χ4v) is 3.10. The maximum Gasteiger partial charge on any atom is 0.410 e. The molecule has 0 saturated carbocycles. The minimum Gasteiger partial charge on any atom is -0.468 e. The number of halogens is 1. The van der Waals surface area contributed by atoms with Crippen LogP contribution in [0.25, 0.3) is 0 Å². The van der Waals surface area contributed by atoms with Crippen molar-refractivity contribution in [3.8, 4) is 0 Å². The average molecular weight is 384 g/mol. The first-order chi connectivity index (χ1) is 10.7. The molecule has 0 aromatic heterocycles. The molecule has 0 bridgehead atoms. The van der Waals surface area contributed by atoms with Crippen LogP contribution in [0.15, 0.2) is 28.7 Å². The molecule has 2 rings (SSSR count). The minimum atomic E-state index is -0.713. The summed E-state index contributed by atoms with van der Waals surface area (Å²) in [7, 11) is 1.38. The highest BCUT2D eigenvalue weighted by Crippen LogP contribution is 2.38. The van der Waals surface area contributed by atoms with Gasteiger partial charge in [-0.05, 0) is 38.8 Å². The van der Waals surface area contributed by atoms with Crippen LogP contribution in [0, 0.1) is 5.41 Å². The van der Waals surface area contributed by atoms with E-state index in [0.717, 1.165) is 10.0 Å². The Morgan fingerprint density at radius 2 is 1.87 bits per heavy atom. The number of carbonyl (C=O) groups is 2. The van der Waals surface area contributed by atoms with Crippen molar-refractivity contribution in [2.45, 2.75) is 32.8 Å². The van der Waals surface area contributed by atoms with Gasteiger partial charge in [0.1, 0.15) is 11.0 Å². The van der Waals surface area contributed by atoms with Gasteiger partial charge in [-0.2, -0.15) is 0 Å². The Bertz CT molecular complexity index is 603. The Hall–Kier alpha value is -1.56. The monoisotopic (exact) mass is 383 g/mol. The van der Waals surface area contributed by atoms with Gasteiger partial charge in [0, 0.05) is 17.6 Å². The van der Waals surface area contributed by atoms with E-state index in [-0.39, 0.29) is 5.97 Å². The molecule has 1 saturated heterocycles. The van der Waals surface area contributed by atoms with Gasteiger partial charge in [-0.3, -0.25) is 4.79 Å². The molecule has 126 valence electrons. The third kappa shape index (κ3) is 4.05. The minimum absolute atomic E-state index is 0.298. The Balaban J connectivity index is 2.11. The fraction of sp³-hybridized carbons (Fsp3) is 0.529. The summed E-state index contributed by atoms with van der Waals surface area (Å²) < 4.78 is 11.3. The van der Waals surface area contributed by atoms with Crippen LogP contribution >= 0.6 is 15.9 Å². The van der Waals surface area contributed by atoms with E-state index in [2.05, 4.69) is 15.9 Å². The van der Waals surface area contributed by atoms with Crippen molar-refractivity contribution >= 4 is 28.0 Å². The summed E-state index contributed by atoms with van der Waals surface area (Å²) in [5, 5.41) is 0. The van der Waals surface area contributed by atoms with E-state index in [4.69, 9.17) is 9.47 Å². The lowest BCUT2D eigenvalue weighted by atomic mass is 9.75. The van der Waals surface area contributed by atoms with Gasteiger partial charge in [0.25, 0.3) is 0 Å². The maximum absolute atomic E-state index is 12.3. The molecule has 0 aliphatic carbocycles. The van der Waals surface area contributed by atoms with Crippen molar-refractivity contribution in [3.05, 3.63) is 34.3 Å². The Morgan fingerprint density at radius 1 is 1.26 bits per heavy atom. The van der Waals surface area contributed by atoms with E-state index in [1.165, 1.54) is 7.11 Å². The second-order valence-electron chi connectivity index (χ2n) is 6.88. The van der Waals surface area contributed by atoms with Crippen LogP contribution < -0.4 is 0 Å². The first-order valence-electron chi connectivity index (χ1n) is 7.47. The molecule has 6 heteroatoms. The van der Waals surface area contributed by atoms with Crippen LogP contribution in [-0.4, -0.2) is 42.8 Å². The molecule has 1 aliphatic rings. The van der Waals surface area contributed by atoms with Crippen molar-refractivity contribution in [2.75, 3.05) is 20.2 Å². The smallest absolute Gasteiger partial charge is 0.410 e. The summed E-state index contributed by atoms with van der Waals surface area (Å²) in [6.07, 6.45) is 0.115. The molecule has 0 radical (unpaired) electrons. The molecular formula is C17H22BrNO4. The lowest BCUT2D eigenvalue weighted by Crippen LogP contribution is -2.64. The number of hydrogen-bond donors (Lipinski definition) is 0. The van der Waals surface area contributed by atoms with E-state index in [0.29, 0.717) is 19.5 Å². The summed E-state index contributed by atoms with van der Waals surface area (Å²) in [5.74, 6) is -0.298. The van der Waals surface area contributed by atoms with E-state index in [1.807, 2.05) is 45.0 Å². The first kappa shape index (κ1) is 17.8. The van der Waals surface area contributed by atoms with Crippen LogP contribution in [0.5, 0.6) is 0 Å². The Labute approximate surface area is 145 Å². The van der Waals surface area contributed by atoms with Crippen LogP contribution in [0.2, 0.25) is 0 Å². The van der Waals surface area contributed by atoms with Gasteiger partial charge < -0.3 is 14.4 Å². The van der Waals surface area contributed by atoms with E-state index < -0.39 is 17.1 Å². The number of ether oxygens (including phenoxy) is 2. The molecule has 1 aromatic rings. The molecule has 0 N–H and O–H groups in total. The van der Waals surface area contributed by atoms with Gasteiger partial charge >= 0.3 is 12.1 Å². The van der Waals surface area contributed by atoms with E-state index in [9.17, 15) is 9.59 Å². The first-order valence-corrected chi connectivity index (χ1v) is 8.26. The van der Waals surface area contributed by atoms with Crippen LogP contribution in [0.4, 0.5) is 4.79 Å². The lowest BCUT2D eigenvalue weighted by Gasteiger charge is -2.47. The highest BCUT2D eigenvalue weighted by atomic mass is 79.9. The summed E-state index contributed by atoms with van der Waals surface area (Å²) in [4.78, 5) is 25.9. The summed E-state index contributed by atoms with van der Waals surface area (Å²) >= 11 is 3.50. The SMILES string of the molecule is COC(=O)C1(Cc2ccccc2Br)CN(C(=O)OC(C)(C)C)C1. The number of amides is 1. The third-order valence-corrected chi connectivity index (χ3v) is 4.52. The van der Waals surface area contributed by atoms with Gasteiger partial charge in [-0.15, -0.1) is 0 Å². The molecular weight excluding hydrogens is 362 g/mol. The van der Waals surface area contributed by atoms with Crippen molar-refractivity contribution in [3.63, 3.8) is 0 Å². The molecule has 0 spiro atoms. The molecule has 0 unspecified atom stereocenters. The summed E-state index contributed by atoms with van der Waals surface area (Å²) in [6, 6.07) is 7.75. The number of methoxy groups -OCH3 is 1. The maximum atomic E-state index is 12.3. The quantitative estimate of drug-likeness (QED) is 0.750. The predicted octanol–water partition coefficient (Wildman–Crippen LogP) is 3.40. The zero-order valence-electron chi connectivity index (χ0n) is 13.9. The molecule has 1 aliphatic heterocycles. The highest BCUT2D eigenvalue weighted by molar-refractivity contribution is 9.10. The Kier molecular flexibility index (Phi) is 5.04. The van der Waals surface area contributed by atoms with Crippen molar-refractivity contribution in [1.82, 2.24) is 4.90 Å². The van der Waals surface area contributed by atoms with Gasteiger partial charge in [-0.1, -0.05) is 34.1 Å². The second kappa shape index (κ2) is 6.51. The zero-order valence-corrected chi connectivity index (χ0v) is 15.5. The largest absolute Gasteiger partial charge is 0.468 e. The molecule has 0 atom stereocenters. The highest BCUT2D eigenvalue weighted by Gasteiger charge is 2.53. The van der Waals surface area contributed by atoms with Crippen molar-refractivity contribution in [1.29, 1.82) is 0 Å². The predicted molar refractivity (Wildman–Crippen MR) is 90.1 cm³/mol. The summed E-state index contributed by atoms with van der Waals surface area (Å²) in [5.41, 5.74) is -0.250. The van der Waals surface area contributed by atoms with E-state index in [1.54, 1.807) is 4.90 Å². The standard InChI is InChI=1S/C17H22BrNO4/c1-16(2,3)23-15(21)19-10-17(11-19,14(20)22-4)9-12-7-5-6-8-13(12)18/h5-8H,9-11H2,1-4H3. The van der Waals surface area contributed by atoms with E-state index >= 15 is 0 Å². The number of carbonyl (C=O) groups excluding carboxylic acids is 2. The number of benzene rings is 1. The molecule has 1 fully saturated rings. The Morgan fingerprint density at radius 3 is 2.39 bits per heavy atom. The molecule has 5 nitrogen and oxygen atoms in total. The number of nitrogens with zero attached hydrogens (tertiary/aromatic N) is 1. The molecule has 1 aromatic carbocycles. The number of hydrogen-bond acceptors (Lipinski definition) is 4.